The monoisotopic (exact) mass is 582 g/mol. The van der Waals surface area contributed by atoms with E-state index >= 15 is 0 Å². The molecule has 0 N–H and O–H groups in total. The first-order chi connectivity index (χ1) is 20.3. The van der Waals surface area contributed by atoms with Crippen LogP contribution in [-0.4, -0.2) is 37.9 Å². The number of hydrogen-bond acceptors (Lipinski definition) is 8. The summed E-state index contributed by atoms with van der Waals surface area (Å²) in [5, 5.41) is 18.2. The summed E-state index contributed by atoms with van der Waals surface area (Å²) in [6, 6.07) is 21.3. The van der Waals surface area contributed by atoms with E-state index in [9.17, 15) is 14.9 Å². The molecule has 0 bridgehead atoms. The number of thiazole rings is 1. The Kier molecular flexibility index (Phi) is 7.05. The van der Waals surface area contributed by atoms with Crippen molar-refractivity contribution in [3.05, 3.63) is 115 Å². The van der Waals surface area contributed by atoms with Crippen LogP contribution in [0.15, 0.2) is 93.1 Å². The van der Waals surface area contributed by atoms with Gasteiger partial charge in [0.2, 0.25) is 4.80 Å². The van der Waals surface area contributed by atoms with E-state index in [1.807, 2.05) is 74.8 Å². The topological polar surface area (TPSA) is 118 Å². The van der Waals surface area contributed by atoms with Gasteiger partial charge in [-0.15, -0.1) is 11.3 Å². The minimum Gasteiger partial charge on any atom is -0.486 e. The van der Waals surface area contributed by atoms with Gasteiger partial charge in [-0.3, -0.25) is 19.6 Å². The molecule has 212 valence electrons. The average Bonchev–Trinajstić information content (AvgIpc) is 3.50. The fourth-order valence-electron chi connectivity index (χ4n) is 4.71. The molecule has 6 rings (SSSR count). The Labute approximate surface area is 244 Å². The van der Waals surface area contributed by atoms with E-state index < -0.39 is 4.92 Å². The van der Waals surface area contributed by atoms with Gasteiger partial charge in [-0.2, -0.15) is 5.10 Å². The molecule has 3 heterocycles. The molecule has 2 aromatic heterocycles. The summed E-state index contributed by atoms with van der Waals surface area (Å²) in [6.45, 7) is 4.64. The Hall–Kier alpha value is -5.23. The molecule has 5 aromatic rings. The van der Waals surface area contributed by atoms with Crippen LogP contribution < -0.4 is 19.8 Å². The summed E-state index contributed by atoms with van der Waals surface area (Å²) < 4.78 is 16.4. The third-order valence-electron chi connectivity index (χ3n) is 6.98. The van der Waals surface area contributed by atoms with E-state index in [1.54, 1.807) is 26.2 Å². The van der Waals surface area contributed by atoms with Crippen LogP contribution in [0.3, 0.4) is 0 Å². The lowest BCUT2D eigenvalue weighted by molar-refractivity contribution is -0.384. The van der Waals surface area contributed by atoms with E-state index in [0.29, 0.717) is 52.2 Å². The van der Waals surface area contributed by atoms with Gasteiger partial charge in [0.1, 0.15) is 13.2 Å². The number of nitrogens with zero attached hydrogens (tertiary/aromatic N) is 6. The Morgan fingerprint density at radius 2 is 1.76 bits per heavy atom. The number of aromatic nitrogens is 3. The van der Waals surface area contributed by atoms with Crippen LogP contribution in [0.25, 0.3) is 16.9 Å². The van der Waals surface area contributed by atoms with Crippen LogP contribution in [0.5, 0.6) is 11.5 Å². The van der Waals surface area contributed by atoms with Crippen molar-refractivity contribution in [1.29, 1.82) is 0 Å². The maximum absolute atomic E-state index is 13.6. The number of fused-ring (bicyclic) bond motifs is 1. The minimum atomic E-state index is -0.436. The van der Waals surface area contributed by atoms with Crippen LogP contribution >= 0.6 is 11.3 Å². The zero-order valence-corrected chi connectivity index (χ0v) is 23.9. The third-order valence-corrected chi connectivity index (χ3v) is 7.80. The van der Waals surface area contributed by atoms with Gasteiger partial charge in [0.05, 0.1) is 27.7 Å². The summed E-state index contributed by atoms with van der Waals surface area (Å²) >= 11 is 1.29. The van der Waals surface area contributed by atoms with Crippen molar-refractivity contribution in [3.8, 4) is 28.4 Å². The minimum absolute atomic E-state index is 0.0408. The number of non-ortho nitro benzene ring substituents is 1. The smallest absolute Gasteiger partial charge is 0.297 e. The number of para-hydroxylation sites is 1. The molecule has 0 saturated heterocycles. The first-order valence-electron chi connectivity index (χ1n) is 13.1. The number of ether oxygens (including phenoxy) is 2. The molecule has 0 radical (unpaired) electrons. The van der Waals surface area contributed by atoms with Crippen molar-refractivity contribution in [2.24, 2.45) is 17.1 Å². The Morgan fingerprint density at radius 3 is 2.52 bits per heavy atom. The lowest BCUT2D eigenvalue weighted by Gasteiger charge is -2.18. The first-order valence-corrected chi connectivity index (χ1v) is 14.0. The fourth-order valence-corrected chi connectivity index (χ4v) is 5.54. The molecule has 0 spiro atoms. The quantitative estimate of drug-likeness (QED) is 0.155. The zero-order chi connectivity index (χ0) is 29.4. The molecule has 0 amide bonds. The maximum Gasteiger partial charge on any atom is 0.297 e. The van der Waals surface area contributed by atoms with Crippen LogP contribution in [-0.2, 0) is 7.05 Å². The highest BCUT2D eigenvalue weighted by Gasteiger charge is 2.18. The number of nitro groups is 1. The van der Waals surface area contributed by atoms with E-state index in [1.165, 1.54) is 23.5 Å². The van der Waals surface area contributed by atoms with Crippen molar-refractivity contribution in [2.45, 2.75) is 13.8 Å². The first kappa shape index (κ1) is 27.0. The SMILES string of the molecule is CC(=Nn1c(-c2cccc([N+](=O)[O-])c2)csc1=Nc1c(C)n(C)n(-c2ccccc2)c1=O)c1ccc2c(c1)OCCO2. The highest BCUT2D eigenvalue weighted by molar-refractivity contribution is 7.07. The molecule has 11 nitrogen and oxygen atoms in total. The second-order valence-corrected chi connectivity index (χ2v) is 10.4. The predicted octanol–water partition coefficient (Wildman–Crippen LogP) is 5.20. The van der Waals surface area contributed by atoms with Crippen LogP contribution in [0.1, 0.15) is 18.2 Å². The van der Waals surface area contributed by atoms with Crippen molar-refractivity contribution in [2.75, 3.05) is 13.2 Å². The summed E-state index contributed by atoms with van der Waals surface area (Å²) in [5.41, 5.74) is 3.98. The second-order valence-electron chi connectivity index (χ2n) is 9.59. The largest absolute Gasteiger partial charge is 0.486 e. The van der Waals surface area contributed by atoms with E-state index in [0.717, 1.165) is 11.3 Å². The van der Waals surface area contributed by atoms with Crippen LogP contribution in [0.4, 0.5) is 11.4 Å². The predicted molar refractivity (Wildman–Crippen MR) is 160 cm³/mol. The number of hydrogen-bond donors (Lipinski definition) is 0. The molecule has 42 heavy (non-hydrogen) atoms. The van der Waals surface area contributed by atoms with Crippen LogP contribution in [0.2, 0.25) is 0 Å². The highest BCUT2D eigenvalue weighted by Crippen LogP contribution is 2.31. The number of nitro benzene ring substituents is 1. The number of benzene rings is 3. The molecule has 0 fully saturated rings. The normalized spacial score (nSPS) is 13.4. The zero-order valence-electron chi connectivity index (χ0n) is 23.1. The highest BCUT2D eigenvalue weighted by atomic mass is 32.1. The van der Waals surface area contributed by atoms with Crippen molar-refractivity contribution >= 4 is 28.4 Å². The second kappa shape index (κ2) is 11.0. The maximum atomic E-state index is 13.6. The van der Waals surface area contributed by atoms with Gasteiger partial charge in [-0.25, -0.2) is 14.4 Å². The van der Waals surface area contributed by atoms with E-state index in [4.69, 9.17) is 19.6 Å². The standard InChI is InChI=1S/C30H26N6O5S/c1-19(21-12-13-26-27(17-21)41-15-14-40-26)32-34-25(22-8-7-11-24(16-22)36(38)39)18-42-30(34)31-28-20(2)33(3)35(29(28)37)23-9-5-4-6-10-23/h4-13,16-18H,14-15H2,1-3H3. The third kappa shape index (κ3) is 4.92. The van der Waals surface area contributed by atoms with Crippen molar-refractivity contribution in [1.82, 2.24) is 14.0 Å². The van der Waals surface area contributed by atoms with Crippen molar-refractivity contribution < 1.29 is 14.4 Å². The van der Waals surface area contributed by atoms with Gasteiger partial charge in [0.15, 0.2) is 17.2 Å². The molecule has 0 atom stereocenters. The molecule has 0 unspecified atom stereocenters. The lowest BCUT2D eigenvalue weighted by atomic mass is 10.1. The van der Waals surface area contributed by atoms with Gasteiger partial charge in [-0.05, 0) is 44.2 Å². The van der Waals surface area contributed by atoms with E-state index in [2.05, 4.69) is 0 Å². The molecule has 1 aliphatic rings. The Balaban J connectivity index is 1.54. The summed E-state index contributed by atoms with van der Waals surface area (Å²) in [4.78, 5) is 29.9. The molecule has 0 aliphatic carbocycles. The van der Waals surface area contributed by atoms with Gasteiger partial charge < -0.3 is 9.47 Å². The molecule has 0 saturated carbocycles. The van der Waals surface area contributed by atoms with Gasteiger partial charge in [-0.1, -0.05) is 30.3 Å². The summed E-state index contributed by atoms with van der Waals surface area (Å²) in [6.07, 6.45) is 0. The molecular weight excluding hydrogens is 556 g/mol. The van der Waals surface area contributed by atoms with Gasteiger partial charge >= 0.3 is 0 Å². The Morgan fingerprint density at radius 1 is 1.00 bits per heavy atom. The van der Waals surface area contributed by atoms with Gasteiger partial charge in [0.25, 0.3) is 11.2 Å². The van der Waals surface area contributed by atoms with E-state index in [-0.39, 0.29) is 16.9 Å². The average molecular weight is 583 g/mol. The Bertz CT molecular complexity index is 1980. The molecule has 12 heteroatoms. The summed E-state index contributed by atoms with van der Waals surface area (Å²) in [7, 11) is 1.81. The molecule has 3 aromatic carbocycles. The van der Waals surface area contributed by atoms with Crippen LogP contribution in [0, 0.1) is 17.0 Å². The summed E-state index contributed by atoms with van der Waals surface area (Å²) in [5.74, 6) is 1.30. The van der Waals surface area contributed by atoms with Crippen molar-refractivity contribution in [3.63, 3.8) is 0 Å². The van der Waals surface area contributed by atoms with Gasteiger partial charge in [0, 0.05) is 35.7 Å². The number of rotatable bonds is 6. The fraction of sp³-hybridized carbons (Fsp3) is 0.167. The lowest BCUT2D eigenvalue weighted by Crippen LogP contribution is -2.20. The molecule has 1 aliphatic heterocycles. The molecular formula is C30H26N6O5S.